The van der Waals surface area contributed by atoms with Crippen molar-refractivity contribution >= 4 is 33.2 Å². The maximum atomic E-state index is 12.2. The SMILES string of the molecule is C[C@@H]1CO[C@@H](C)CN1C(=O)c1ccc(Br)s1. The highest BCUT2D eigenvalue weighted by atomic mass is 79.9. The summed E-state index contributed by atoms with van der Waals surface area (Å²) >= 11 is 4.85. The van der Waals surface area contributed by atoms with E-state index in [1.807, 2.05) is 30.9 Å². The van der Waals surface area contributed by atoms with Crippen molar-refractivity contribution in [1.29, 1.82) is 0 Å². The van der Waals surface area contributed by atoms with Crippen LogP contribution in [0.25, 0.3) is 0 Å². The van der Waals surface area contributed by atoms with Crippen molar-refractivity contribution in [2.45, 2.75) is 26.0 Å². The lowest BCUT2D eigenvalue weighted by Crippen LogP contribution is -2.50. The number of ether oxygens (including phenoxy) is 1. The van der Waals surface area contributed by atoms with E-state index in [2.05, 4.69) is 15.9 Å². The standard InChI is InChI=1S/C11H14BrNO2S/c1-7-6-15-8(2)5-13(7)11(14)9-3-4-10(12)16-9/h3-4,7-8H,5-6H2,1-2H3/t7-,8+/m1/s1. The summed E-state index contributed by atoms with van der Waals surface area (Å²) in [5.41, 5.74) is 0. The molecule has 1 aromatic rings. The summed E-state index contributed by atoms with van der Waals surface area (Å²) in [4.78, 5) is 14.9. The molecule has 2 heterocycles. The number of nitrogens with zero attached hydrogens (tertiary/aromatic N) is 1. The van der Waals surface area contributed by atoms with Gasteiger partial charge in [-0.15, -0.1) is 11.3 Å². The molecular weight excluding hydrogens is 290 g/mol. The fourth-order valence-corrected chi connectivity index (χ4v) is 3.10. The Kier molecular flexibility index (Phi) is 3.66. The van der Waals surface area contributed by atoms with E-state index >= 15 is 0 Å². The molecule has 2 rings (SSSR count). The number of hydrogen-bond donors (Lipinski definition) is 0. The predicted octanol–water partition coefficient (Wildman–Crippen LogP) is 2.76. The van der Waals surface area contributed by atoms with Crippen LogP contribution in [-0.4, -0.2) is 36.1 Å². The molecule has 0 N–H and O–H groups in total. The lowest BCUT2D eigenvalue weighted by molar-refractivity contribution is -0.0385. The van der Waals surface area contributed by atoms with Crippen molar-refractivity contribution in [3.63, 3.8) is 0 Å². The van der Waals surface area contributed by atoms with Crippen LogP contribution < -0.4 is 0 Å². The highest BCUT2D eigenvalue weighted by Crippen LogP contribution is 2.25. The molecule has 1 aliphatic rings. The van der Waals surface area contributed by atoms with Gasteiger partial charge in [-0.05, 0) is 41.9 Å². The topological polar surface area (TPSA) is 29.5 Å². The fraction of sp³-hybridized carbons (Fsp3) is 0.545. The molecule has 0 aromatic carbocycles. The zero-order valence-corrected chi connectivity index (χ0v) is 11.7. The van der Waals surface area contributed by atoms with Crippen LogP contribution in [0.1, 0.15) is 23.5 Å². The largest absolute Gasteiger partial charge is 0.375 e. The molecule has 0 radical (unpaired) electrons. The van der Waals surface area contributed by atoms with Gasteiger partial charge in [0.25, 0.3) is 5.91 Å². The maximum Gasteiger partial charge on any atom is 0.264 e. The first-order chi connectivity index (χ1) is 7.58. The molecule has 2 atom stereocenters. The zero-order chi connectivity index (χ0) is 11.7. The Morgan fingerprint density at radius 3 is 2.94 bits per heavy atom. The third-order valence-electron chi connectivity index (χ3n) is 2.65. The second-order valence-corrected chi connectivity index (χ2v) is 6.52. The summed E-state index contributed by atoms with van der Waals surface area (Å²) in [7, 11) is 0. The minimum absolute atomic E-state index is 0.110. The number of carbonyl (C=O) groups is 1. The number of thiophene rings is 1. The summed E-state index contributed by atoms with van der Waals surface area (Å²) < 4.78 is 6.50. The van der Waals surface area contributed by atoms with E-state index in [4.69, 9.17) is 4.74 Å². The highest BCUT2D eigenvalue weighted by Gasteiger charge is 2.28. The van der Waals surface area contributed by atoms with E-state index in [0.717, 1.165) is 8.66 Å². The lowest BCUT2D eigenvalue weighted by Gasteiger charge is -2.36. The minimum atomic E-state index is 0.110. The van der Waals surface area contributed by atoms with Crippen LogP contribution in [0.15, 0.2) is 15.9 Å². The van der Waals surface area contributed by atoms with Crippen LogP contribution >= 0.6 is 27.3 Å². The van der Waals surface area contributed by atoms with Crippen molar-refractivity contribution in [3.05, 3.63) is 20.8 Å². The van der Waals surface area contributed by atoms with Crippen LogP contribution in [0.2, 0.25) is 0 Å². The van der Waals surface area contributed by atoms with Gasteiger partial charge in [-0.3, -0.25) is 4.79 Å². The van der Waals surface area contributed by atoms with E-state index in [9.17, 15) is 4.79 Å². The Bertz CT molecular complexity index is 393. The Balaban J connectivity index is 2.14. The van der Waals surface area contributed by atoms with Crippen LogP contribution in [0, 0.1) is 0 Å². The number of rotatable bonds is 1. The van der Waals surface area contributed by atoms with Gasteiger partial charge in [0.05, 0.1) is 27.4 Å². The summed E-state index contributed by atoms with van der Waals surface area (Å²) in [5.74, 6) is 0.110. The van der Waals surface area contributed by atoms with Gasteiger partial charge in [0.15, 0.2) is 0 Å². The molecule has 1 aromatic heterocycles. The first-order valence-electron chi connectivity index (χ1n) is 5.26. The molecule has 16 heavy (non-hydrogen) atoms. The number of amides is 1. The number of carbonyl (C=O) groups excluding carboxylic acids is 1. The third-order valence-corrected chi connectivity index (χ3v) is 4.26. The normalized spacial score (nSPS) is 25.8. The van der Waals surface area contributed by atoms with Gasteiger partial charge in [-0.25, -0.2) is 0 Å². The van der Waals surface area contributed by atoms with Crippen LogP contribution in [0.5, 0.6) is 0 Å². The molecule has 0 spiro atoms. The summed E-state index contributed by atoms with van der Waals surface area (Å²) in [5, 5.41) is 0. The van der Waals surface area contributed by atoms with Crippen molar-refractivity contribution in [2.24, 2.45) is 0 Å². The molecule has 1 aliphatic heterocycles. The second kappa shape index (κ2) is 4.85. The van der Waals surface area contributed by atoms with Gasteiger partial charge in [0.2, 0.25) is 0 Å². The summed E-state index contributed by atoms with van der Waals surface area (Å²) in [6, 6.07) is 3.93. The number of halogens is 1. The van der Waals surface area contributed by atoms with Crippen LogP contribution in [-0.2, 0) is 4.74 Å². The quantitative estimate of drug-likeness (QED) is 0.798. The fourth-order valence-electron chi connectivity index (χ4n) is 1.76. The predicted molar refractivity (Wildman–Crippen MR) is 67.9 cm³/mol. The van der Waals surface area contributed by atoms with Crippen LogP contribution in [0.3, 0.4) is 0 Å². The van der Waals surface area contributed by atoms with Crippen molar-refractivity contribution < 1.29 is 9.53 Å². The zero-order valence-electron chi connectivity index (χ0n) is 9.27. The maximum absolute atomic E-state index is 12.2. The average Bonchev–Trinajstić information content (AvgIpc) is 2.67. The minimum Gasteiger partial charge on any atom is -0.375 e. The van der Waals surface area contributed by atoms with Crippen molar-refractivity contribution in [2.75, 3.05) is 13.2 Å². The van der Waals surface area contributed by atoms with E-state index in [1.54, 1.807) is 0 Å². The molecule has 1 amide bonds. The number of hydrogen-bond acceptors (Lipinski definition) is 3. The van der Waals surface area contributed by atoms with Gasteiger partial charge in [0.1, 0.15) is 0 Å². The lowest BCUT2D eigenvalue weighted by atomic mass is 10.2. The second-order valence-electron chi connectivity index (χ2n) is 4.05. The Morgan fingerprint density at radius 2 is 2.31 bits per heavy atom. The molecule has 5 heteroatoms. The molecule has 1 fully saturated rings. The molecule has 0 unspecified atom stereocenters. The smallest absolute Gasteiger partial charge is 0.264 e. The van der Waals surface area contributed by atoms with E-state index in [1.165, 1.54) is 11.3 Å². The average molecular weight is 304 g/mol. The van der Waals surface area contributed by atoms with Gasteiger partial charge in [-0.2, -0.15) is 0 Å². The molecule has 0 bridgehead atoms. The molecule has 0 saturated carbocycles. The van der Waals surface area contributed by atoms with E-state index < -0.39 is 0 Å². The van der Waals surface area contributed by atoms with E-state index in [0.29, 0.717) is 13.2 Å². The van der Waals surface area contributed by atoms with Crippen molar-refractivity contribution in [1.82, 2.24) is 4.90 Å². The molecule has 1 saturated heterocycles. The van der Waals surface area contributed by atoms with E-state index in [-0.39, 0.29) is 18.1 Å². The number of morpholine rings is 1. The highest BCUT2D eigenvalue weighted by molar-refractivity contribution is 9.11. The van der Waals surface area contributed by atoms with Crippen molar-refractivity contribution in [3.8, 4) is 0 Å². The summed E-state index contributed by atoms with van der Waals surface area (Å²) in [6.07, 6.45) is 0.128. The van der Waals surface area contributed by atoms with Gasteiger partial charge in [0, 0.05) is 6.54 Å². The van der Waals surface area contributed by atoms with Gasteiger partial charge in [-0.1, -0.05) is 0 Å². The Morgan fingerprint density at radius 1 is 1.56 bits per heavy atom. The Hall–Kier alpha value is -0.390. The first kappa shape index (κ1) is 12.1. The molecule has 88 valence electrons. The van der Waals surface area contributed by atoms with Gasteiger partial charge >= 0.3 is 0 Å². The van der Waals surface area contributed by atoms with Gasteiger partial charge < -0.3 is 9.64 Å². The first-order valence-corrected chi connectivity index (χ1v) is 6.87. The monoisotopic (exact) mass is 303 g/mol. The summed E-state index contributed by atoms with van der Waals surface area (Å²) in [6.45, 7) is 5.32. The molecule has 0 aliphatic carbocycles. The Labute approximate surface area is 108 Å². The molecular formula is C11H14BrNO2S. The van der Waals surface area contributed by atoms with Crippen LogP contribution in [0.4, 0.5) is 0 Å². The molecule has 3 nitrogen and oxygen atoms in total. The third kappa shape index (κ3) is 2.47.